The van der Waals surface area contributed by atoms with E-state index in [0.29, 0.717) is 36.8 Å². The summed E-state index contributed by atoms with van der Waals surface area (Å²) < 4.78 is 16.4. The van der Waals surface area contributed by atoms with Gasteiger partial charge in [-0.3, -0.25) is 4.79 Å². The predicted octanol–water partition coefficient (Wildman–Crippen LogP) is 2.48. The van der Waals surface area contributed by atoms with Gasteiger partial charge in [0, 0.05) is 12.1 Å². The van der Waals surface area contributed by atoms with Gasteiger partial charge < -0.3 is 16.4 Å². The summed E-state index contributed by atoms with van der Waals surface area (Å²) in [5, 5.41) is 14.2. The molecule has 0 saturated carbocycles. The normalized spacial score (nSPS) is 15.3. The number of nitrogens with zero attached hydrogens (tertiary/aromatic N) is 6. The van der Waals surface area contributed by atoms with Crippen LogP contribution in [0, 0.1) is 19.7 Å². The van der Waals surface area contributed by atoms with E-state index in [1.165, 1.54) is 0 Å². The summed E-state index contributed by atoms with van der Waals surface area (Å²) >= 11 is 0. The van der Waals surface area contributed by atoms with Crippen LogP contribution in [0.25, 0.3) is 22.8 Å². The maximum absolute atomic E-state index is 14.9. The number of carbonyl (C=O) groups is 1. The number of carbonyl (C=O) groups excluding carboxylic acids is 1. The lowest BCUT2D eigenvalue weighted by Gasteiger charge is -2.11. The van der Waals surface area contributed by atoms with Gasteiger partial charge in [-0.15, -0.1) is 5.10 Å². The zero-order valence-electron chi connectivity index (χ0n) is 19.3. The summed E-state index contributed by atoms with van der Waals surface area (Å²) in [5.41, 5.74) is 9.63. The maximum Gasteiger partial charge on any atom is 0.242 e. The maximum atomic E-state index is 14.9. The molecule has 11 heteroatoms. The lowest BCUT2D eigenvalue weighted by molar-refractivity contribution is -0.119. The second-order valence-corrected chi connectivity index (χ2v) is 8.43. The third-order valence-electron chi connectivity index (χ3n) is 6.01. The van der Waals surface area contributed by atoms with Gasteiger partial charge in [0.2, 0.25) is 5.91 Å². The van der Waals surface area contributed by atoms with Crippen molar-refractivity contribution in [3.8, 4) is 22.8 Å². The molecule has 0 aliphatic carbocycles. The standard InChI is InChI=1S/C24H24FN9O/c1-13-5-3-7-16(14(13)2)23-30-21(20(25)22(26)31-23)18-12-34(33-32-18)11-15-6-4-8-19(28-15)29-17-9-10-27-24(17)35/h3-8,12,17H,9-11H2,1-2H3,(H,27,35)(H,28,29)(H2,26,30,31). The van der Waals surface area contributed by atoms with Crippen LogP contribution >= 0.6 is 0 Å². The van der Waals surface area contributed by atoms with Crippen molar-refractivity contribution in [2.24, 2.45) is 0 Å². The fraction of sp³-hybridized carbons (Fsp3) is 0.250. The fourth-order valence-corrected chi connectivity index (χ4v) is 3.96. The molecule has 1 saturated heterocycles. The van der Waals surface area contributed by atoms with E-state index in [2.05, 4.69) is 35.9 Å². The van der Waals surface area contributed by atoms with Gasteiger partial charge in [-0.05, 0) is 43.5 Å². The van der Waals surface area contributed by atoms with E-state index in [0.717, 1.165) is 16.7 Å². The van der Waals surface area contributed by atoms with E-state index in [-0.39, 0.29) is 29.2 Å². The molecule has 3 aromatic heterocycles. The van der Waals surface area contributed by atoms with Crippen LogP contribution in [0.3, 0.4) is 0 Å². The number of anilines is 2. The molecular formula is C24H24FN9O. The molecule has 1 amide bonds. The van der Waals surface area contributed by atoms with Crippen LogP contribution < -0.4 is 16.4 Å². The number of aryl methyl sites for hydroxylation is 1. The molecule has 4 aromatic rings. The van der Waals surface area contributed by atoms with Gasteiger partial charge in [-0.25, -0.2) is 24.0 Å². The second kappa shape index (κ2) is 9.09. The van der Waals surface area contributed by atoms with Gasteiger partial charge in [-0.1, -0.05) is 29.5 Å². The third kappa shape index (κ3) is 4.52. The first-order valence-corrected chi connectivity index (χ1v) is 11.2. The Labute approximate surface area is 200 Å². The van der Waals surface area contributed by atoms with E-state index in [9.17, 15) is 9.18 Å². The molecule has 0 spiro atoms. The molecule has 178 valence electrons. The summed E-state index contributed by atoms with van der Waals surface area (Å²) in [6.45, 7) is 4.89. The highest BCUT2D eigenvalue weighted by Gasteiger charge is 2.24. The number of amides is 1. The van der Waals surface area contributed by atoms with Crippen molar-refractivity contribution in [1.29, 1.82) is 0 Å². The van der Waals surface area contributed by atoms with E-state index < -0.39 is 5.82 Å². The molecule has 10 nitrogen and oxygen atoms in total. The van der Waals surface area contributed by atoms with Gasteiger partial charge in [0.05, 0.1) is 18.4 Å². The number of halogens is 1. The zero-order chi connectivity index (χ0) is 24.5. The molecule has 4 N–H and O–H groups in total. The molecule has 1 fully saturated rings. The molecule has 0 bridgehead atoms. The van der Waals surface area contributed by atoms with Crippen molar-refractivity contribution >= 4 is 17.5 Å². The van der Waals surface area contributed by atoms with Crippen LogP contribution in [0.5, 0.6) is 0 Å². The Bertz CT molecular complexity index is 1420. The van der Waals surface area contributed by atoms with Gasteiger partial charge in [0.1, 0.15) is 23.2 Å². The minimum Gasteiger partial charge on any atom is -0.381 e. The number of hydrogen-bond acceptors (Lipinski definition) is 8. The Kier molecular flexibility index (Phi) is 5.81. The topological polar surface area (TPSA) is 137 Å². The van der Waals surface area contributed by atoms with Crippen molar-refractivity contribution < 1.29 is 9.18 Å². The number of hydrogen-bond donors (Lipinski definition) is 3. The number of aromatic nitrogens is 6. The highest BCUT2D eigenvalue weighted by Crippen LogP contribution is 2.28. The SMILES string of the molecule is Cc1cccc(-c2nc(N)c(F)c(-c3cn(Cc4cccc(NC5CCNC5=O)n4)nn3)n2)c1C. The summed E-state index contributed by atoms with van der Waals surface area (Å²) in [6, 6.07) is 10.9. The van der Waals surface area contributed by atoms with E-state index in [1.807, 2.05) is 44.2 Å². The second-order valence-electron chi connectivity index (χ2n) is 8.43. The smallest absolute Gasteiger partial charge is 0.242 e. The van der Waals surface area contributed by atoms with Crippen molar-refractivity contribution in [3.63, 3.8) is 0 Å². The predicted molar refractivity (Wildman–Crippen MR) is 129 cm³/mol. The van der Waals surface area contributed by atoms with Crippen LogP contribution in [0.1, 0.15) is 23.2 Å². The molecular weight excluding hydrogens is 449 g/mol. The monoisotopic (exact) mass is 473 g/mol. The number of pyridine rings is 1. The Hall–Kier alpha value is -4.41. The molecule has 1 aliphatic heterocycles. The summed E-state index contributed by atoms with van der Waals surface area (Å²) in [6.07, 6.45) is 2.29. The first kappa shape index (κ1) is 22.4. The van der Waals surface area contributed by atoms with E-state index in [1.54, 1.807) is 16.9 Å². The van der Waals surface area contributed by atoms with Gasteiger partial charge in [0.25, 0.3) is 0 Å². The van der Waals surface area contributed by atoms with Gasteiger partial charge in [-0.2, -0.15) is 0 Å². The summed E-state index contributed by atoms with van der Waals surface area (Å²) in [7, 11) is 0. The number of nitrogen functional groups attached to an aromatic ring is 1. The summed E-state index contributed by atoms with van der Waals surface area (Å²) in [5.74, 6) is -0.115. The van der Waals surface area contributed by atoms with Crippen molar-refractivity contribution in [1.82, 2.24) is 35.3 Å². The molecule has 4 heterocycles. The molecule has 1 unspecified atom stereocenters. The average Bonchev–Trinajstić information content (AvgIpc) is 3.46. The van der Waals surface area contributed by atoms with Crippen molar-refractivity contribution in [2.75, 3.05) is 17.6 Å². The highest BCUT2D eigenvalue weighted by atomic mass is 19.1. The Morgan fingerprint density at radius 2 is 2.00 bits per heavy atom. The van der Waals surface area contributed by atoms with Crippen LogP contribution in [0.4, 0.5) is 16.0 Å². The quantitative estimate of drug-likeness (QED) is 0.389. The lowest BCUT2D eigenvalue weighted by Crippen LogP contribution is -2.29. The zero-order valence-corrected chi connectivity index (χ0v) is 19.3. The molecule has 0 radical (unpaired) electrons. The van der Waals surface area contributed by atoms with Crippen LogP contribution in [0.2, 0.25) is 0 Å². The average molecular weight is 474 g/mol. The van der Waals surface area contributed by atoms with Crippen LogP contribution in [-0.4, -0.2) is 48.4 Å². The van der Waals surface area contributed by atoms with Crippen molar-refractivity contribution in [2.45, 2.75) is 32.9 Å². The molecule has 1 aliphatic rings. The Balaban J connectivity index is 1.40. The van der Waals surface area contributed by atoms with Gasteiger partial charge >= 0.3 is 0 Å². The number of rotatable bonds is 6. The van der Waals surface area contributed by atoms with Crippen LogP contribution in [-0.2, 0) is 11.3 Å². The van der Waals surface area contributed by atoms with E-state index in [4.69, 9.17) is 5.73 Å². The molecule has 1 atom stereocenters. The lowest BCUT2D eigenvalue weighted by atomic mass is 10.0. The minimum absolute atomic E-state index is 0.0183. The number of nitrogens with one attached hydrogen (secondary N) is 2. The number of nitrogens with two attached hydrogens (primary N) is 1. The minimum atomic E-state index is -0.745. The third-order valence-corrected chi connectivity index (χ3v) is 6.01. The van der Waals surface area contributed by atoms with Crippen LogP contribution in [0.15, 0.2) is 42.6 Å². The summed E-state index contributed by atoms with van der Waals surface area (Å²) in [4.78, 5) is 25.0. The largest absolute Gasteiger partial charge is 0.381 e. The van der Waals surface area contributed by atoms with Crippen molar-refractivity contribution in [3.05, 3.63) is 65.2 Å². The first-order valence-electron chi connectivity index (χ1n) is 11.2. The van der Waals surface area contributed by atoms with Gasteiger partial charge in [0.15, 0.2) is 17.5 Å². The number of benzene rings is 1. The molecule has 5 rings (SSSR count). The fourth-order valence-electron chi connectivity index (χ4n) is 3.96. The highest BCUT2D eigenvalue weighted by molar-refractivity contribution is 5.86. The Morgan fingerprint density at radius 1 is 1.17 bits per heavy atom. The van der Waals surface area contributed by atoms with E-state index >= 15 is 0 Å². The molecule has 35 heavy (non-hydrogen) atoms. The first-order chi connectivity index (χ1) is 16.9. The Morgan fingerprint density at radius 3 is 2.80 bits per heavy atom. The molecule has 1 aromatic carbocycles.